The molecule has 2 N–H and O–H groups in total. The summed E-state index contributed by atoms with van der Waals surface area (Å²) >= 11 is 0. The van der Waals surface area contributed by atoms with Gasteiger partial charge in [-0.15, -0.1) is 0 Å². The summed E-state index contributed by atoms with van der Waals surface area (Å²) in [7, 11) is 3.67. The zero-order valence-corrected chi connectivity index (χ0v) is 14.7. The van der Waals surface area contributed by atoms with Crippen LogP contribution in [0.5, 0.6) is 0 Å². The molecule has 1 aromatic carbocycles. The van der Waals surface area contributed by atoms with Gasteiger partial charge in [0.25, 0.3) is 0 Å². The Morgan fingerprint density at radius 1 is 1.20 bits per heavy atom. The molecule has 132 valence electrons. The summed E-state index contributed by atoms with van der Waals surface area (Å²) in [5.74, 6) is 0.950. The minimum Gasteiger partial charge on any atom is -0.352 e. The number of anilines is 1. The Bertz CT molecular complexity index is 749. The molecule has 1 aliphatic heterocycles. The van der Waals surface area contributed by atoms with Crippen molar-refractivity contribution in [2.45, 2.75) is 25.9 Å². The van der Waals surface area contributed by atoms with Crippen molar-refractivity contribution in [3.8, 4) is 0 Å². The van der Waals surface area contributed by atoms with Crippen LogP contribution in [-0.4, -0.2) is 35.2 Å². The third-order valence-electron chi connectivity index (χ3n) is 4.36. The van der Waals surface area contributed by atoms with Crippen molar-refractivity contribution < 1.29 is 4.79 Å². The van der Waals surface area contributed by atoms with Crippen LogP contribution < -0.4 is 15.5 Å². The largest absolute Gasteiger partial charge is 0.352 e. The minimum absolute atomic E-state index is 0.214. The van der Waals surface area contributed by atoms with Gasteiger partial charge >= 0.3 is 0 Å². The third-order valence-corrected chi connectivity index (χ3v) is 4.36. The van der Waals surface area contributed by atoms with E-state index in [4.69, 9.17) is 0 Å². The SMILES string of the molecule is CN=C(NCc1ccc(N2CCCC2=O)cc1)NCc1ccnn1C. The molecule has 7 nitrogen and oxygen atoms in total. The summed E-state index contributed by atoms with van der Waals surface area (Å²) in [4.78, 5) is 17.9. The first-order valence-corrected chi connectivity index (χ1v) is 8.48. The van der Waals surface area contributed by atoms with Gasteiger partial charge < -0.3 is 15.5 Å². The Hall–Kier alpha value is -2.83. The predicted octanol–water partition coefficient (Wildman–Crippen LogP) is 1.41. The molecule has 2 aromatic rings. The Morgan fingerprint density at radius 3 is 2.56 bits per heavy atom. The molecule has 1 saturated heterocycles. The summed E-state index contributed by atoms with van der Waals surface area (Å²) in [5, 5.41) is 10.7. The topological polar surface area (TPSA) is 74.6 Å². The molecule has 0 spiro atoms. The first kappa shape index (κ1) is 17.0. The zero-order chi connectivity index (χ0) is 17.6. The van der Waals surface area contributed by atoms with Crippen molar-refractivity contribution in [2.24, 2.45) is 12.0 Å². The van der Waals surface area contributed by atoms with E-state index in [-0.39, 0.29) is 5.91 Å². The Labute approximate surface area is 147 Å². The normalized spacial score (nSPS) is 14.9. The Kier molecular flexibility index (Phi) is 5.33. The van der Waals surface area contributed by atoms with Gasteiger partial charge in [0, 0.05) is 45.5 Å². The molecule has 0 atom stereocenters. The fourth-order valence-corrected chi connectivity index (χ4v) is 2.87. The van der Waals surface area contributed by atoms with E-state index >= 15 is 0 Å². The van der Waals surface area contributed by atoms with Crippen LogP contribution in [0.3, 0.4) is 0 Å². The molecular formula is C18H24N6O. The lowest BCUT2D eigenvalue weighted by Gasteiger charge is -2.16. The molecule has 1 fully saturated rings. The maximum Gasteiger partial charge on any atom is 0.227 e. The van der Waals surface area contributed by atoms with E-state index in [2.05, 4.69) is 20.7 Å². The molecule has 0 bridgehead atoms. The van der Waals surface area contributed by atoms with Crippen LogP contribution in [0.2, 0.25) is 0 Å². The minimum atomic E-state index is 0.214. The number of hydrogen-bond donors (Lipinski definition) is 2. The zero-order valence-electron chi connectivity index (χ0n) is 14.7. The highest BCUT2D eigenvalue weighted by Gasteiger charge is 2.21. The van der Waals surface area contributed by atoms with Crippen molar-refractivity contribution in [3.63, 3.8) is 0 Å². The third kappa shape index (κ3) is 4.17. The highest BCUT2D eigenvalue weighted by Crippen LogP contribution is 2.21. The van der Waals surface area contributed by atoms with Crippen molar-refractivity contribution >= 4 is 17.6 Å². The number of aromatic nitrogens is 2. The molecular weight excluding hydrogens is 316 g/mol. The smallest absolute Gasteiger partial charge is 0.227 e. The number of nitrogens with one attached hydrogen (secondary N) is 2. The maximum atomic E-state index is 11.8. The molecule has 25 heavy (non-hydrogen) atoms. The van der Waals surface area contributed by atoms with Gasteiger partial charge in [0.15, 0.2) is 5.96 Å². The van der Waals surface area contributed by atoms with E-state index in [1.54, 1.807) is 13.2 Å². The number of aryl methyl sites for hydroxylation is 1. The van der Waals surface area contributed by atoms with Crippen LogP contribution in [-0.2, 0) is 24.9 Å². The number of carbonyl (C=O) groups is 1. The summed E-state index contributed by atoms with van der Waals surface area (Å²) in [6.07, 6.45) is 3.38. The standard InChI is InChI=1S/C18H24N6O/c1-19-18(21-13-16-9-10-22-23(16)2)20-12-14-5-7-15(8-6-14)24-11-3-4-17(24)25/h5-10H,3-4,11-13H2,1-2H3,(H2,19,20,21). The van der Waals surface area contributed by atoms with E-state index < -0.39 is 0 Å². The van der Waals surface area contributed by atoms with Crippen molar-refractivity contribution in [2.75, 3.05) is 18.5 Å². The fourth-order valence-electron chi connectivity index (χ4n) is 2.87. The molecule has 1 aromatic heterocycles. The van der Waals surface area contributed by atoms with Crippen molar-refractivity contribution in [1.29, 1.82) is 0 Å². The number of aliphatic imine (C=N–C) groups is 1. The molecule has 2 heterocycles. The quantitative estimate of drug-likeness (QED) is 0.638. The predicted molar refractivity (Wildman–Crippen MR) is 98.3 cm³/mol. The van der Waals surface area contributed by atoms with Crippen LogP contribution in [0.15, 0.2) is 41.5 Å². The maximum absolute atomic E-state index is 11.8. The number of guanidine groups is 1. The summed E-state index contributed by atoms with van der Waals surface area (Å²) in [6.45, 7) is 2.15. The fraction of sp³-hybridized carbons (Fsp3) is 0.389. The van der Waals surface area contributed by atoms with Gasteiger partial charge in [0.1, 0.15) is 0 Å². The average Bonchev–Trinajstić information content (AvgIpc) is 3.24. The molecule has 0 radical (unpaired) electrons. The first-order chi connectivity index (χ1) is 12.2. The lowest BCUT2D eigenvalue weighted by atomic mass is 10.2. The lowest BCUT2D eigenvalue weighted by molar-refractivity contribution is -0.117. The summed E-state index contributed by atoms with van der Waals surface area (Å²) in [5.41, 5.74) is 3.20. The van der Waals surface area contributed by atoms with Crippen LogP contribution in [0, 0.1) is 0 Å². The number of benzene rings is 1. The molecule has 3 rings (SSSR count). The van der Waals surface area contributed by atoms with Crippen LogP contribution >= 0.6 is 0 Å². The van der Waals surface area contributed by atoms with Gasteiger partial charge in [-0.2, -0.15) is 5.10 Å². The van der Waals surface area contributed by atoms with E-state index in [9.17, 15) is 4.79 Å². The highest BCUT2D eigenvalue weighted by atomic mass is 16.2. The number of nitrogens with zero attached hydrogens (tertiary/aromatic N) is 4. The van der Waals surface area contributed by atoms with Gasteiger partial charge in [0.2, 0.25) is 5.91 Å². The van der Waals surface area contributed by atoms with Gasteiger partial charge in [-0.3, -0.25) is 14.5 Å². The van der Waals surface area contributed by atoms with Crippen LogP contribution in [0.4, 0.5) is 5.69 Å². The van der Waals surface area contributed by atoms with E-state index in [0.29, 0.717) is 19.5 Å². The molecule has 7 heteroatoms. The Morgan fingerprint density at radius 2 is 1.96 bits per heavy atom. The van der Waals surface area contributed by atoms with Gasteiger partial charge in [0.05, 0.1) is 12.2 Å². The molecule has 1 amide bonds. The van der Waals surface area contributed by atoms with Crippen LogP contribution in [0.1, 0.15) is 24.1 Å². The number of carbonyl (C=O) groups excluding carboxylic acids is 1. The summed E-state index contributed by atoms with van der Waals surface area (Å²) in [6, 6.07) is 10.1. The van der Waals surface area contributed by atoms with Gasteiger partial charge in [-0.1, -0.05) is 12.1 Å². The second-order valence-electron chi connectivity index (χ2n) is 6.04. The molecule has 0 aliphatic carbocycles. The summed E-state index contributed by atoms with van der Waals surface area (Å²) < 4.78 is 1.83. The first-order valence-electron chi connectivity index (χ1n) is 8.48. The molecule has 0 unspecified atom stereocenters. The Balaban J connectivity index is 1.51. The average molecular weight is 340 g/mol. The van der Waals surface area contributed by atoms with Crippen LogP contribution in [0.25, 0.3) is 0 Å². The molecule has 1 aliphatic rings. The molecule has 0 saturated carbocycles. The number of amides is 1. The number of rotatable bonds is 5. The second-order valence-corrected chi connectivity index (χ2v) is 6.04. The second kappa shape index (κ2) is 7.83. The highest BCUT2D eigenvalue weighted by molar-refractivity contribution is 5.95. The number of hydrogen-bond acceptors (Lipinski definition) is 3. The van der Waals surface area contributed by atoms with Gasteiger partial charge in [-0.05, 0) is 30.2 Å². The van der Waals surface area contributed by atoms with Gasteiger partial charge in [-0.25, -0.2) is 0 Å². The van der Waals surface area contributed by atoms with E-state index in [1.807, 2.05) is 47.0 Å². The van der Waals surface area contributed by atoms with Crippen molar-refractivity contribution in [3.05, 3.63) is 47.8 Å². The monoisotopic (exact) mass is 340 g/mol. The van der Waals surface area contributed by atoms with E-state index in [1.165, 1.54) is 0 Å². The van der Waals surface area contributed by atoms with Crippen molar-refractivity contribution in [1.82, 2.24) is 20.4 Å². The van der Waals surface area contributed by atoms with E-state index in [0.717, 1.165) is 35.9 Å². The lowest BCUT2D eigenvalue weighted by Crippen LogP contribution is -2.36.